The number of rotatable bonds is 7. The van der Waals surface area contributed by atoms with Crippen molar-refractivity contribution in [3.63, 3.8) is 0 Å². The highest BCUT2D eigenvalue weighted by Gasteiger charge is 2.53. The van der Waals surface area contributed by atoms with Crippen molar-refractivity contribution < 1.29 is 79.9 Å². The molecule has 34 heavy (non-hydrogen) atoms. The van der Waals surface area contributed by atoms with Gasteiger partial charge in [-0.2, -0.15) is 0 Å². The van der Waals surface area contributed by atoms with E-state index in [1.54, 1.807) is 0 Å². The van der Waals surface area contributed by atoms with E-state index in [9.17, 15) is 56.2 Å². The Morgan fingerprint density at radius 2 is 0.853 bits per heavy atom. The SMILES string of the molecule is OC[C@H]1O[C@H](O[C@@H]2[C@H](O)[C@@H](O[C@@H]3[C@H](O)[C@@H](O)O[C@H](CO)[C@H]3O)O[C@H](CO)[C@H]2O)[C@@H](O)[C@@H](O)[C@@H]1O. The van der Waals surface area contributed by atoms with Crippen LogP contribution in [0.4, 0.5) is 0 Å². The Bertz CT molecular complexity index is 639. The van der Waals surface area contributed by atoms with Gasteiger partial charge in [0.15, 0.2) is 18.9 Å². The number of ether oxygens (including phenoxy) is 5. The Hall–Kier alpha value is -0.640. The topological polar surface area (TPSA) is 269 Å². The second-order valence-electron chi connectivity index (χ2n) is 8.33. The van der Waals surface area contributed by atoms with E-state index in [0.29, 0.717) is 0 Å². The number of hydrogen-bond acceptors (Lipinski definition) is 16. The lowest BCUT2D eigenvalue weighted by Gasteiger charge is -2.47. The van der Waals surface area contributed by atoms with Gasteiger partial charge in [0.05, 0.1) is 19.8 Å². The molecule has 3 aliphatic rings. The first kappa shape index (κ1) is 27.9. The molecule has 200 valence electrons. The van der Waals surface area contributed by atoms with Gasteiger partial charge in [-0.15, -0.1) is 0 Å². The molecule has 0 aromatic heterocycles. The van der Waals surface area contributed by atoms with Crippen LogP contribution < -0.4 is 0 Å². The van der Waals surface area contributed by atoms with Gasteiger partial charge in [-0.25, -0.2) is 0 Å². The maximum absolute atomic E-state index is 10.7. The Kier molecular flexibility index (Phi) is 9.54. The molecule has 11 N–H and O–H groups in total. The maximum atomic E-state index is 10.7. The molecule has 3 rings (SSSR count). The molecular formula is C18H32O16. The van der Waals surface area contributed by atoms with Gasteiger partial charge in [-0.3, -0.25) is 0 Å². The van der Waals surface area contributed by atoms with Gasteiger partial charge in [0, 0.05) is 0 Å². The van der Waals surface area contributed by atoms with Crippen molar-refractivity contribution in [2.24, 2.45) is 0 Å². The smallest absolute Gasteiger partial charge is 0.187 e. The maximum Gasteiger partial charge on any atom is 0.187 e. The highest BCUT2D eigenvalue weighted by molar-refractivity contribution is 4.96. The van der Waals surface area contributed by atoms with Crippen molar-refractivity contribution >= 4 is 0 Å². The lowest BCUT2D eigenvalue weighted by Crippen LogP contribution is -2.66. The van der Waals surface area contributed by atoms with E-state index < -0.39 is 112 Å². The summed E-state index contributed by atoms with van der Waals surface area (Å²) in [5.74, 6) is 0. The third-order valence-corrected chi connectivity index (χ3v) is 6.09. The summed E-state index contributed by atoms with van der Waals surface area (Å²) in [6, 6.07) is 0. The highest BCUT2D eigenvalue weighted by Crippen LogP contribution is 2.32. The molecule has 0 saturated carbocycles. The summed E-state index contributed by atoms with van der Waals surface area (Å²) in [6.07, 6.45) is -25.5. The summed E-state index contributed by atoms with van der Waals surface area (Å²) in [5, 5.41) is 110. The molecule has 0 spiro atoms. The molecule has 3 saturated heterocycles. The minimum atomic E-state index is -1.92. The first-order chi connectivity index (χ1) is 16.0. The van der Waals surface area contributed by atoms with Crippen molar-refractivity contribution in [2.45, 2.75) is 92.1 Å². The van der Waals surface area contributed by atoms with Gasteiger partial charge in [0.1, 0.15) is 73.2 Å². The van der Waals surface area contributed by atoms with Gasteiger partial charge in [-0.1, -0.05) is 0 Å². The molecular weight excluding hydrogens is 472 g/mol. The van der Waals surface area contributed by atoms with E-state index in [-0.39, 0.29) is 0 Å². The van der Waals surface area contributed by atoms with Crippen molar-refractivity contribution in [1.82, 2.24) is 0 Å². The normalized spacial score (nSPS) is 52.5. The van der Waals surface area contributed by atoms with Crippen molar-refractivity contribution in [1.29, 1.82) is 0 Å². The largest absolute Gasteiger partial charge is 0.394 e. The van der Waals surface area contributed by atoms with Gasteiger partial charge in [-0.05, 0) is 0 Å². The summed E-state index contributed by atoms with van der Waals surface area (Å²) in [5.41, 5.74) is 0. The van der Waals surface area contributed by atoms with Crippen LogP contribution in [0.2, 0.25) is 0 Å². The molecule has 0 aliphatic carbocycles. The summed E-state index contributed by atoms with van der Waals surface area (Å²) < 4.78 is 26.2. The van der Waals surface area contributed by atoms with Gasteiger partial charge >= 0.3 is 0 Å². The van der Waals surface area contributed by atoms with Crippen LogP contribution in [0, 0.1) is 0 Å². The lowest BCUT2D eigenvalue weighted by atomic mass is 9.96. The predicted molar refractivity (Wildman–Crippen MR) is 101 cm³/mol. The Balaban J connectivity index is 1.78. The Morgan fingerprint density at radius 1 is 0.441 bits per heavy atom. The van der Waals surface area contributed by atoms with Gasteiger partial charge < -0.3 is 79.9 Å². The Labute approximate surface area is 192 Å². The third kappa shape index (κ3) is 5.37. The molecule has 16 nitrogen and oxygen atoms in total. The van der Waals surface area contributed by atoms with Gasteiger partial charge in [0.25, 0.3) is 0 Å². The van der Waals surface area contributed by atoms with Gasteiger partial charge in [0.2, 0.25) is 0 Å². The average Bonchev–Trinajstić information content (AvgIpc) is 2.82. The third-order valence-electron chi connectivity index (χ3n) is 6.09. The van der Waals surface area contributed by atoms with Crippen LogP contribution >= 0.6 is 0 Å². The van der Waals surface area contributed by atoms with Crippen LogP contribution in [0.5, 0.6) is 0 Å². The van der Waals surface area contributed by atoms with Crippen LogP contribution in [-0.4, -0.2) is 168 Å². The zero-order valence-corrected chi connectivity index (χ0v) is 17.7. The van der Waals surface area contributed by atoms with Crippen LogP contribution in [0.1, 0.15) is 0 Å². The summed E-state index contributed by atoms with van der Waals surface area (Å²) in [6.45, 7) is -2.33. The molecule has 0 amide bonds. The zero-order valence-electron chi connectivity index (χ0n) is 17.7. The molecule has 0 bridgehead atoms. The van der Waals surface area contributed by atoms with E-state index in [1.807, 2.05) is 0 Å². The highest BCUT2D eigenvalue weighted by atomic mass is 16.7. The first-order valence-electron chi connectivity index (χ1n) is 10.6. The summed E-state index contributed by atoms with van der Waals surface area (Å²) >= 11 is 0. The molecule has 16 heteroatoms. The predicted octanol–water partition coefficient (Wildman–Crippen LogP) is -7.57. The molecule has 0 radical (unpaired) electrons. The second-order valence-corrected chi connectivity index (χ2v) is 8.33. The molecule has 0 aromatic rings. The fourth-order valence-corrected chi connectivity index (χ4v) is 4.04. The lowest BCUT2D eigenvalue weighted by molar-refractivity contribution is -0.379. The van der Waals surface area contributed by atoms with Crippen LogP contribution in [0.3, 0.4) is 0 Å². The standard InChI is InChI=1S/C18H32O16/c19-1-4-7(22)10(25)11(26)17(31-4)34-15-9(24)6(3-21)32-18(13(15)28)33-14-8(23)5(2-20)30-16(29)12(14)27/h4-29H,1-3H2/t4-,5-,6-,7-,8-,9-,10+,11+,12+,13+,14+,15+,16+,17-,18-/m1/s1. The molecule has 3 aliphatic heterocycles. The van der Waals surface area contributed by atoms with E-state index in [4.69, 9.17) is 23.7 Å². The zero-order chi connectivity index (χ0) is 25.3. The fourth-order valence-electron chi connectivity index (χ4n) is 4.04. The Morgan fingerprint density at radius 3 is 1.35 bits per heavy atom. The van der Waals surface area contributed by atoms with Crippen molar-refractivity contribution in [3.8, 4) is 0 Å². The van der Waals surface area contributed by atoms with E-state index >= 15 is 0 Å². The van der Waals surface area contributed by atoms with Crippen LogP contribution in [0.15, 0.2) is 0 Å². The molecule has 15 atom stereocenters. The van der Waals surface area contributed by atoms with Crippen LogP contribution in [-0.2, 0) is 23.7 Å². The molecule has 0 unspecified atom stereocenters. The quantitative estimate of drug-likeness (QED) is 0.154. The fraction of sp³-hybridized carbons (Fsp3) is 1.00. The average molecular weight is 504 g/mol. The second kappa shape index (κ2) is 11.6. The summed E-state index contributed by atoms with van der Waals surface area (Å²) in [7, 11) is 0. The number of aliphatic hydroxyl groups is 11. The van der Waals surface area contributed by atoms with E-state index in [1.165, 1.54) is 0 Å². The van der Waals surface area contributed by atoms with E-state index in [2.05, 4.69) is 0 Å². The molecule has 3 fully saturated rings. The van der Waals surface area contributed by atoms with Crippen molar-refractivity contribution in [3.05, 3.63) is 0 Å². The number of aliphatic hydroxyl groups excluding tert-OH is 11. The minimum Gasteiger partial charge on any atom is -0.394 e. The minimum absolute atomic E-state index is 0.750. The first-order valence-corrected chi connectivity index (χ1v) is 10.6. The number of hydrogen-bond donors (Lipinski definition) is 11. The molecule has 0 aromatic carbocycles. The van der Waals surface area contributed by atoms with Crippen LogP contribution in [0.25, 0.3) is 0 Å². The monoisotopic (exact) mass is 504 g/mol. The van der Waals surface area contributed by atoms with Crippen molar-refractivity contribution in [2.75, 3.05) is 19.8 Å². The van der Waals surface area contributed by atoms with E-state index in [0.717, 1.165) is 0 Å². The molecule has 3 heterocycles. The summed E-state index contributed by atoms with van der Waals surface area (Å²) in [4.78, 5) is 0.